The Kier molecular flexibility index (Phi) is 1.75. The number of aromatic nitrogens is 2. The number of aryl methyl sites for hydroxylation is 1. The first kappa shape index (κ1) is 8.77. The number of hydrogen-bond acceptors (Lipinski definition) is 2. The molecule has 0 radical (unpaired) electrons. The molecule has 2 aromatic rings. The van der Waals surface area contributed by atoms with Gasteiger partial charge in [0.05, 0.1) is 11.2 Å². The molecule has 1 fully saturated rings. The molecule has 0 atom stereocenters. The van der Waals surface area contributed by atoms with Crippen LogP contribution in [-0.4, -0.2) is 9.78 Å². The second-order valence-corrected chi connectivity index (χ2v) is 4.41. The molecule has 0 spiro atoms. The van der Waals surface area contributed by atoms with Gasteiger partial charge in [-0.25, -0.2) is 0 Å². The molecule has 3 nitrogen and oxygen atoms in total. The van der Waals surface area contributed by atoms with Crippen LogP contribution in [0.5, 0.6) is 0 Å². The van der Waals surface area contributed by atoms with Gasteiger partial charge in [-0.15, -0.1) is 0 Å². The third kappa shape index (κ3) is 1.23. The Bertz CT molecular complexity index is 509. The van der Waals surface area contributed by atoms with Crippen molar-refractivity contribution < 1.29 is 0 Å². The van der Waals surface area contributed by atoms with E-state index < -0.39 is 0 Å². The van der Waals surface area contributed by atoms with Crippen LogP contribution in [-0.2, 0) is 7.05 Å². The molecule has 1 aliphatic carbocycles. The molecule has 1 aromatic carbocycles. The molecule has 0 bridgehead atoms. The molecule has 3 rings (SSSR count). The van der Waals surface area contributed by atoms with Crippen molar-refractivity contribution in [1.29, 1.82) is 0 Å². The van der Waals surface area contributed by atoms with E-state index in [1.165, 1.54) is 30.3 Å². The van der Waals surface area contributed by atoms with Crippen LogP contribution < -0.4 is 5.73 Å². The summed E-state index contributed by atoms with van der Waals surface area (Å²) in [5.74, 6) is 0.678. The summed E-state index contributed by atoms with van der Waals surface area (Å²) >= 11 is 0. The van der Waals surface area contributed by atoms with Gasteiger partial charge in [0.1, 0.15) is 0 Å². The lowest BCUT2D eigenvalue weighted by molar-refractivity contribution is 0.410. The summed E-state index contributed by atoms with van der Waals surface area (Å²) in [6.07, 6.45) is 3.92. The highest BCUT2D eigenvalue weighted by molar-refractivity contribution is 5.85. The molecule has 0 unspecified atom stereocenters. The number of hydrogen-bond donors (Lipinski definition) is 1. The third-order valence-corrected chi connectivity index (χ3v) is 3.40. The van der Waals surface area contributed by atoms with Crippen molar-refractivity contribution in [2.75, 3.05) is 5.73 Å². The lowest BCUT2D eigenvalue weighted by Gasteiger charge is -2.23. The molecule has 2 N–H and O–H groups in total. The van der Waals surface area contributed by atoms with Crippen molar-refractivity contribution in [2.24, 2.45) is 7.05 Å². The molecule has 78 valence electrons. The Labute approximate surface area is 88.9 Å². The minimum atomic E-state index is 0.678. The van der Waals surface area contributed by atoms with Gasteiger partial charge in [-0.1, -0.05) is 6.42 Å². The number of rotatable bonds is 1. The second kappa shape index (κ2) is 2.99. The topological polar surface area (TPSA) is 43.8 Å². The van der Waals surface area contributed by atoms with Crippen LogP contribution in [0.4, 0.5) is 5.69 Å². The van der Waals surface area contributed by atoms with E-state index in [0.717, 1.165) is 11.2 Å². The van der Waals surface area contributed by atoms with Gasteiger partial charge in [-0.05, 0) is 31.0 Å². The van der Waals surface area contributed by atoms with Gasteiger partial charge >= 0.3 is 0 Å². The fraction of sp³-hybridized carbons (Fsp3) is 0.417. The van der Waals surface area contributed by atoms with E-state index in [1.54, 1.807) is 0 Å². The lowest BCUT2D eigenvalue weighted by atomic mass is 9.82. The van der Waals surface area contributed by atoms with Crippen LogP contribution in [0.3, 0.4) is 0 Å². The fourth-order valence-corrected chi connectivity index (χ4v) is 2.29. The maximum atomic E-state index is 5.78. The van der Waals surface area contributed by atoms with E-state index >= 15 is 0 Å². The Hall–Kier alpha value is -1.51. The monoisotopic (exact) mass is 201 g/mol. The van der Waals surface area contributed by atoms with Gasteiger partial charge in [-0.3, -0.25) is 4.68 Å². The van der Waals surface area contributed by atoms with E-state index in [2.05, 4.69) is 11.2 Å². The van der Waals surface area contributed by atoms with Crippen molar-refractivity contribution in [3.05, 3.63) is 23.9 Å². The normalized spacial score (nSPS) is 16.9. The highest BCUT2D eigenvalue weighted by Gasteiger charge is 2.24. The molecule has 0 amide bonds. The van der Waals surface area contributed by atoms with E-state index in [-0.39, 0.29) is 0 Å². The van der Waals surface area contributed by atoms with Crippen LogP contribution in [0.15, 0.2) is 18.2 Å². The average Bonchev–Trinajstić information content (AvgIpc) is 2.41. The van der Waals surface area contributed by atoms with Gasteiger partial charge in [-0.2, -0.15) is 5.10 Å². The van der Waals surface area contributed by atoms with Crippen LogP contribution in [0, 0.1) is 0 Å². The number of nitrogens with two attached hydrogens (primary N) is 1. The van der Waals surface area contributed by atoms with Gasteiger partial charge in [0.25, 0.3) is 0 Å². The van der Waals surface area contributed by atoms with Crippen molar-refractivity contribution >= 4 is 16.6 Å². The zero-order valence-electron chi connectivity index (χ0n) is 8.90. The summed E-state index contributed by atoms with van der Waals surface area (Å²) in [6.45, 7) is 0. The zero-order chi connectivity index (χ0) is 10.4. The first-order chi connectivity index (χ1) is 7.25. The SMILES string of the molecule is Cn1nc(C2CCC2)c2ccc(N)cc21. The van der Waals surface area contributed by atoms with E-state index in [4.69, 9.17) is 5.73 Å². The quantitative estimate of drug-likeness (QED) is 0.720. The van der Waals surface area contributed by atoms with Gasteiger partial charge < -0.3 is 5.73 Å². The van der Waals surface area contributed by atoms with Crippen LogP contribution in [0.1, 0.15) is 30.9 Å². The first-order valence-corrected chi connectivity index (χ1v) is 5.48. The molecular weight excluding hydrogens is 186 g/mol. The molecule has 3 heteroatoms. The summed E-state index contributed by atoms with van der Waals surface area (Å²) in [7, 11) is 1.99. The maximum absolute atomic E-state index is 5.78. The number of benzene rings is 1. The second-order valence-electron chi connectivity index (χ2n) is 4.41. The molecule has 15 heavy (non-hydrogen) atoms. The Morgan fingerprint density at radius 2 is 2.20 bits per heavy atom. The highest BCUT2D eigenvalue weighted by Crippen LogP contribution is 2.39. The molecule has 0 aliphatic heterocycles. The van der Waals surface area contributed by atoms with Crippen LogP contribution in [0.25, 0.3) is 10.9 Å². The molecule has 1 saturated carbocycles. The number of anilines is 1. The predicted octanol–water partition coefficient (Wildman–Crippen LogP) is 2.42. The van der Waals surface area contributed by atoms with E-state index in [0.29, 0.717) is 5.92 Å². The predicted molar refractivity (Wildman–Crippen MR) is 61.7 cm³/mol. The Morgan fingerprint density at radius 1 is 1.40 bits per heavy atom. The van der Waals surface area contributed by atoms with Gasteiger partial charge in [0, 0.05) is 24.0 Å². The third-order valence-electron chi connectivity index (χ3n) is 3.40. The Morgan fingerprint density at radius 3 is 2.87 bits per heavy atom. The molecule has 0 saturated heterocycles. The minimum Gasteiger partial charge on any atom is -0.399 e. The largest absolute Gasteiger partial charge is 0.399 e. The van der Waals surface area contributed by atoms with Crippen molar-refractivity contribution in [3.8, 4) is 0 Å². The summed E-state index contributed by atoms with van der Waals surface area (Å²) in [4.78, 5) is 0. The van der Waals surface area contributed by atoms with Gasteiger partial charge in [0.2, 0.25) is 0 Å². The summed E-state index contributed by atoms with van der Waals surface area (Å²) in [5.41, 5.74) is 9.01. The zero-order valence-corrected chi connectivity index (χ0v) is 8.90. The van der Waals surface area contributed by atoms with Crippen LogP contribution >= 0.6 is 0 Å². The number of fused-ring (bicyclic) bond motifs is 1. The standard InChI is InChI=1S/C12H15N3/c1-15-11-7-9(13)5-6-10(11)12(14-15)8-3-2-4-8/h5-8H,2-4,13H2,1H3. The molecule has 1 aliphatic rings. The molecule has 1 heterocycles. The minimum absolute atomic E-state index is 0.678. The lowest BCUT2D eigenvalue weighted by Crippen LogP contribution is -2.09. The number of nitrogen functional groups attached to an aromatic ring is 1. The average molecular weight is 201 g/mol. The fourth-order valence-electron chi connectivity index (χ4n) is 2.29. The van der Waals surface area contributed by atoms with Crippen LogP contribution in [0.2, 0.25) is 0 Å². The summed E-state index contributed by atoms with van der Waals surface area (Å²) in [5, 5.41) is 5.89. The molecular formula is C12H15N3. The first-order valence-electron chi connectivity index (χ1n) is 5.48. The number of nitrogens with zero attached hydrogens (tertiary/aromatic N) is 2. The molecule has 1 aromatic heterocycles. The van der Waals surface area contributed by atoms with E-state index in [9.17, 15) is 0 Å². The van der Waals surface area contributed by atoms with Crippen molar-refractivity contribution in [2.45, 2.75) is 25.2 Å². The van der Waals surface area contributed by atoms with Gasteiger partial charge in [0.15, 0.2) is 0 Å². The Balaban J connectivity index is 2.22. The van der Waals surface area contributed by atoms with Crippen molar-refractivity contribution in [3.63, 3.8) is 0 Å². The smallest absolute Gasteiger partial charge is 0.0734 e. The highest BCUT2D eigenvalue weighted by atomic mass is 15.3. The summed E-state index contributed by atoms with van der Waals surface area (Å²) < 4.78 is 1.94. The van der Waals surface area contributed by atoms with Crippen molar-refractivity contribution in [1.82, 2.24) is 9.78 Å². The maximum Gasteiger partial charge on any atom is 0.0734 e. The van der Waals surface area contributed by atoms with E-state index in [1.807, 2.05) is 23.9 Å². The summed E-state index contributed by atoms with van der Waals surface area (Å²) in [6, 6.07) is 6.07.